The molecule has 0 spiro atoms. The van der Waals surface area contributed by atoms with Gasteiger partial charge in [-0.25, -0.2) is 4.79 Å². The molecule has 1 heterocycles. The van der Waals surface area contributed by atoms with E-state index in [2.05, 4.69) is 0 Å². The first kappa shape index (κ1) is 10.5. The van der Waals surface area contributed by atoms with E-state index in [1.165, 1.54) is 6.26 Å². The van der Waals surface area contributed by atoms with E-state index in [1.54, 1.807) is 0 Å². The largest absolute Gasteiger partial charge is 0.478 e. The molecule has 1 N–H and O–H groups in total. The van der Waals surface area contributed by atoms with Crippen molar-refractivity contribution in [2.75, 3.05) is 0 Å². The van der Waals surface area contributed by atoms with Crippen molar-refractivity contribution >= 4 is 12.3 Å². The second-order valence-electron chi connectivity index (χ2n) is 4.06. The van der Waals surface area contributed by atoms with Crippen LogP contribution in [0.15, 0.2) is 10.7 Å². The number of carbonyl (C=O) groups excluding carboxylic acids is 1. The molecule has 0 atom stereocenters. The van der Waals surface area contributed by atoms with Gasteiger partial charge in [-0.1, -0.05) is 20.8 Å². The highest BCUT2D eigenvalue weighted by atomic mass is 16.4. The lowest BCUT2D eigenvalue weighted by molar-refractivity contribution is 0.0690. The number of furan rings is 1. The van der Waals surface area contributed by atoms with Gasteiger partial charge in [-0.3, -0.25) is 4.79 Å². The van der Waals surface area contributed by atoms with Gasteiger partial charge in [0.05, 0.1) is 6.26 Å². The van der Waals surface area contributed by atoms with Crippen molar-refractivity contribution in [1.29, 1.82) is 0 Å². The van der Waals surface area contributed by atoms with Crippen LogP contribution in [0.2, 0.25) is 0 Å². The van der Waals surface area contributed by atoms with E-state index in [4.69, 9.17) is 9.52 Å². The summed E-state index contributed by atoms with van der Waals surface area (Å²) in [7, 11) is 0. The van der Waals surface area contributed by atoms with E-state index >= 15 is 0 Å². The Bertz CT molecular complexity index is 368. The number of carbonyl (C=O) groups is 2. The lowest BCUT2D eigenvalue weighted by atomic mass is 9.86. The lowest BCUT2D eigenvalue weighted by Crippen LogP contribution is -2.15. The maximum absolute atomic E-state index is 10.9. The number of carboxylic acid groups (broad SMARTS) is 1. The van der Waals surface area contributed by atoms with E-state index in [1.807, 2.05) is 20.8 Å². The zero-order valence-corrected chi connectivity index (χ0v) is 8.33. The third kappa shape index (κ3) is 1.69. The van der Waals surface area contributed by atoms with Gasteiger partial charge in [0.25, 0.3) is 0 Å². The average Bonchev–Trinajstić information content (AvgIpc) is 2.45. The predicted molar refractivity (Wildman–Crippen MR) is 49.8 cm³/mol. The summed E-state index contributed by atoms with van der Waals surface area (Å²) in [5.41, 5.74) is 0.151. The van der Waals surface area contributed by atoms with Gasteiger partial charge in [-0.05, 0) is 5.41 Å². The van der Waals surface area contributed by atoms with Crippen LogP contribution in [0.4, 0.5) is 0 Å². The maximum Gasteiger partial charge on any atom is 0.340 e. The zero-order chi connectivity index (χ0) is 10.9. The Kier molecular flexibility index (Phi) is 2.47. The fourth-order valence-corrected chi connectivity index (χ4v) is 1.23. The van der Waals surface area contributed by atoms with Crippen LogP contribution >= 0.6 is 0 Å². The van der Waals surface area contributed by atoms with Crippen LogP contribution in [0.5, 0.6) is 0 Å². The molecule has 0 aromatic carbocycles. The third-order valence-electron chi connectivity index (χ3n) is 1.95. The summed E-state index contributed by atoms with van der Waals surface area (Å²) < 4.78 is 4.88. The molecule has 4 nitrogen and oxygen atoms in total. The van der Waals surface area contributed by atoms with E-state index < -0.39 is 5.97 Å². The number of hydrogen-bond donors (Lipinski definition) is 1. The number of aromatic carboxylic acids is 1. The summed E-state index contributed by atoms with van der Waals surface area (Å²) in [5, 5.41) is 8.91. The molecule has 0 amide bonds. The molecule has 0 radical (unpaired) electrons. The Morgan fingerprint density at radius 1 is 1.50 bits per heavy atom. The first-order valence-corrected chi connectivity index (χ1v) is 4.18. The summed E-state index contributed by atoms with van der Waals surface area (Å²) >= 11 is 0. The fourth-order valence-electron chi connectivity index (χ4n) is 1.23. The van der Waals surface area contributed by atoms with Crippen molar-refractivity contribution in [3.8, 4) is 0 Å². The summed E-state index contributed by atoms with van der Waals surface area (Å²) in [6, 6.07) is 0. The Labute approximate surface area is 81.5 Å². The van der Waals surface area contributed by atoms with Gasteiger partial charge in [-0.15, -0.1) is 0 Å². The molecule has 1 aromatic heterocycles. The third-order valence-corrected chi connectivity index (χ3v) is 1.95. The Balaban J connectivity index is 3.39. The molecule has 0 saturated carbocycles. The van der Waals surface area contributed by atoms with Crippen molar-refractivity contribution in [2.24, 2.45) is 0 Å². The van der Waals surface area contributed by atoms with Crippen LogP contribution < -0.4 is 0 Å². The topological polar surface area (TPSA) is 67.5 Å². The minimum absolute atomic E-state index is 0.0347. The molecule has 0 fully saturated rings. The van der Waals surface area contributed by atoms with Crippen LogP contribution in [0.1, 0.15) is 47.2 Å². The Hall–Kier alpha value is -1.58. The molecule has 0 bridgehead atoms. The molecule has 76 valence electrons. The SMILES string of the molecule is CC(C)(C)c1coc(C=O)c1C(=O)O. The van der Waals surface area contributed by atoms with Gasteiger partial charge >= 0.3 is 5.97 Å². The number of carboxylic acids is 1. The lowest BCUT2D eigenvalue weighted by Gasteiger charge is -2.16. The molecule has 0 aliphatic carbocycles. The number of hydrogen-bond acceptors (Lipinski definition) is 3. The molecule has 4 heteroatoms. The van der Waals surface area contributed by atoms with Gasteiger partial charge in [0.1, 0.15) is 5.56 Å². The van der Waals surface area contributed by atoms with Crippen LogP contribution in [0.3, 0.4) is 0 Å². The molecule has 0 saturated heterocycles. The quantitative estimate of drug-likeness (QED) is 0.735. The second-order valence-corrected chi connectivity index (χ2v) is 4.06. The maximum atomic E-state index is 10.9. The van der Waals surface area contributed by atoms with Gasteiger partial charge in [-0.2, -0.15) is 0 Å². The van der Waals surface area contributed by atoms with E-state index in [0.717, 1.165) is 0 Å². The van der Waals surface area contributed by atoms with Crippen molar-refractivity contribution < 1.29 is 19.1 Å². The van der Waals surface area contributed by atoms with E-state index in [9.17, 15) is 9.59 Å². The van der Waals surface area contributed by atoms with Crippen molar-refractivity contribution in [3.63, 3.8) is 0 Å². The molecule has 1 rings (SSSR count). The van der Waals surface area contributed by atoms with Crippen LogP contribution in [0, 0.1) is 0 Å². The minimum atomic E-state index is -1.13. The predicted octanol–water partition coefficient (Wildman–Crippen LogP) is 2.09. The van der Waals surface area contributed by atoms with Crippen LogP contribution in [-0.4, -0.2) is 17.4 Å². The molecule has 14 heavy (non-hydrogen) atoms. The monoisotopic (exact) mass is 196 g/mol. The Morgan fingerprint density at radius 3 is 2.43 bits per heavy atom. The van der Waals surface area contributed by atoms with E-state index in [-0.39, 0.29) is 16.7 Å². The second kappa shape index (κ2) is 3.29. The van der Waals surface area contributed by atoms with Gasteiger partial charge in [0.15, 0.2) is 12.0 Å². The average molecular weight is 196 g/mol. The Morgan fingerprint density at radius 2 is 2.07 bits per heavy atom. The molecule has 0 aliphatic heterocycles. The number of rotatable bonds is 2. The molecule has 1 aromatic rings. The minimum Gasteiger partial charge on any atom is -0.478 e. The summed E-state index contributed by atoms with van der Waals surface area (Å²) in [6.07, 6.45) is 1.74. The highest BCUT2D eigenvalue weighted by Gasteiger charge is 2.27. The van der Waals surface area contributed by atoms with Crippen molar-refractivity contribution in [1.82, 2.24) is 0 Å². The normalized spacial score (nSPS) is 11.4. The fraction of sp³-hybridized carbons (Fsp3) is 0.400. The first-order chi connectivity index (χ1) is 6.38. The summed E-state index contributed by atoms with van der Waals surface area (Å²) in [4.78, 5) is 21.4. The van der Waals surface area contributed by atoms with Crippen LogP contribution in [-0.2, 0) is 5.41 Å². The number of aldehydes is 1. The van der Waals surface area contributed by atoms with Gasteiger partial charge < -0.3 is 9.52 Å². The van der Waals surface area contributed by atoms with Gasteiger partial charge in [0, 0.05) is 5.56 Å². The standard InChI is InChI=1S/C10H12O4/c1-10(2,3)6-5-14-7(4-11)8(6)9(12)13/h4-5H,1-3H3,(H,12,13). The summed E-state index contributed by atoms with van der Waals surface area (Å²) in [5.74, 6) is -1.26. The highest BCUT2D eigenvalue weighted by molar-refractivity contribution is 5.97. The molecule has 0 unspecified atom stereocenters. The first-order valence-electron chi connectivity index (χ1n) is 4.18. The highest BCUT2D eigenvalue weighted by Crippen LogP contribution is 2.28. The zero-order valence-electron chi connectivity index (χ0n) is 8.33. The van der Waals surface area contributed by atoms with Crippen LogP contribution in [0.25, 0.3) is 0 Å². The molecular formula is C10H12O4. The van der Waals surface area contributed by atoms with Crippen molar-refractivity contribution in [2.45, 2.75) is 26.2 Å². The molecular weight excluding hydrogens is 184 g/mol. The molecule has 0 aliphatic rings. The van der Waals surface area contributed by atoms with Gasteiger partial charge in [0.2, 0.25) is 0 Å². The summed E-state index contributed by atoms with van der Waals surface area (Å²) in [6.45, 7) is 5.58. The smallest absolute Gasteiger partial charge is 0.340 e. The van der Waals surface area contributed by atoms with E-state index in [0.29, 0.717) is 11.8 Å². The van der Waals surface area contributed by atoms with Crippen molar-refractivity contribution in [3.05, 3.63) is 23.2 Å².